The van der Waals surface area contributed by atoms with Crippen molar-refractivity contribution < 1.29 is 13.2 Å². The molecular weight excluding hydrogens is 280 g/mol. The number of nitrogens with zero attached hydrogens (tertiary/aromatic N) is 3. The zero-order valence-corrected chi connectivity index (χ0v) is 11.0. The van der Waals surface area contributed by atoms with Gasteiger partial charge in [-0.15, -0.1) is 0 Å². The lowest BCUT2D eigenvalue weighted by molar-refractivity contribution is 0.0865. The molecule has 1 aliphatic rings. The largest absolute Gasteiger partial charge is 0.383 e. The molecule has 0 fully saturated rings. The van der Waals surface area contributed by atoms with E-state index in [4.69, 9.17) is 5.73 Å². The van der Waals surface area contributed by atoms with Gasteiger partial charge < -0.3 is 5.73 Å². The first-order valence-corrected chi connectivity index (χ1v) is 7.17. The van der Waals surface area contributed by atoms with Gasteiger partial charge in [-0.2, -0.15) is 8.42 Å². The van der Waals surface area contributed by atoms with Crippen LogP contribution in [0.3, 0.4) is 0 Å². The zero-order valence-electron chi connectivity index (χ0n) is 10.2. The van der Waals surface area contributed by atoms with Crippen LogP contribution in [0.4, 0.5) is 5.82 Å². The van der Waals surface area contributed by atoms with E-state index in [2.05, 4.69) is 9.97 Å². The van der Waals surface area contributed by atoms with Gasteiger partial charge in [0.25, 0.3) is 15.9 Å². The Balaban J connectivity index is 2.05. The van der Waals surface area contributed by atoms with Gasteiger partial charge in [0.2, 0.25) is 0 Å². The van der Waals surface area contributed by atoms with Gasteiger partial charge in [0.05, 0.1) is 12.1 Å². The maximum Gasteiger partial charge on any atom is 0.285 e. The van der Waals surface area contributed by atoms with Crippen molar-refractivity contribution >= 4 is 21.7 Å². The van der Waals surface area contributed by atoms with E-state index in [1.54, 1.807) is 12.1 Å². The molecule has 0 aromatic carbocycles. The lowest BCUT2D eigenvalue weighted by atomic mass is 10.2. The molecule has 2 aromatic rings. The van der Waals surface area contributed by atoms with Gasteiger partial charge in [0.1, 0.15) is 5.82 Å². The molecule has 0 atom stereocenters. The number of rotatable bonds is 2. The Kier molecular flexibility index (Phi) is 2.68. The standard InChI is InChI=1S/C12H10N4O3S/c13-10-8(3-1-5-14-10)7-16-12(17)9-4-2-6-15-11(9)20(16,18)19/h1-6H,7H2,(H2,13,14). The molecule has 20 heavy (non-hydrogen) atoms. The topological polar surface area (TPSA) is 106 Å². The lowest BCUT2D eigenvalue weighted by Crippen LogP contribution is -2.30. The van der Waals surface area contributed by atoms with Gasteiger partial charge in [-0.25, -0.2) is 14.3 Å². The zero-order chi connectivity index (χ0) is 14.3. The average molecular weight is 290 g/mol. The number of aromatic nitrogens is 2. The van der Waals surface area contributed by atoms with Crippen LogP contribution in [-0.4, -0.2) is 28.6 Å². The van der Waals surface area contributed by atoms with Crippen LogP contribution in [0.25, 0.3) is 0 Å². The molecule has 3 heterocycles. The summed E-state index contributed by atoms with van der Waals surface area (Å²) in [5, 5.41) is -0.215. The molecule has 1 aliphatic heterocycles. The number of hydrogen-bond donors (Lipinski definition) is 1. The highest BCUT2D eigenvalue weighted by Gasteiger charge is 2.42. The third-order valence-corrected chi connectivity index (χ3v) is 4.69. The highest BCUT2D eigenvalue weighted by atomic mass is 32.2. The third-order valence-electron chi connectivity index (χ3n) is 3.00. The minimum absolute atomic E-state index is 0.0787. The monoisotopic (exact) mass is 290 g/mol. The van der Waals surface area contributed by atoms with Crippen LogP contribution in [0.5, 0.6) is 0 Å². The van der Waals surface area contributed by atoms with E-state index >= 15 is 0 Å². The summed E-state index contributed by atoms with van der Waals surface area (Å²) in [6.45, 7) is -0.156. The first kappa shape index (κ1) is 12.5. The van der Waals surface area contributed by atoms with E-state index in [0.29, 0.717) is 5.56 Å². The van der Waals surface area contributed by atoms with Crippen LogP contribution in [0.15, 0.2) is 41.7 Å². The minimum Gasteiger partial charge on any atom is -0.383 e. The van der Waals surface area contributed by atoms with Crippen LogP contribution in [-0.2, 0) is 16.6 Å². The summed E-state index contributed by atoms with van der Waals surface area (Å²) >= 11 is 0. The van der Waals surface area contributed by atoms with Crippen molar-refractivity contribution in [3.63, 3.8) is 0 Å². The molecule has 0 bridgehead atoms. The third kappa shape index (κ3) is 1.73. The predicted molar refractivity (Wildman–Crippen MR) is 69.9 cm³/mol. The van der Waals surface area contributed by atoms with Gasteiger partial charge in [-0.05, 0) is 18.2 Å². The molecule has 0 unspecified atom stereocenters. The molecule has 7 nitrogen and oxygen atoms in total. The van der Waals surface area contributed by atoms with Crippen molar-refractivity contribution in [1.82, 2.24) is 14.3 Å². The second-order valence-electron chi connectivity index (χ2n) is 4.22. The molecular formula is C12H10N4O3S. The van der Waals surface area contributed by atoms with Crippen molar-refractivity contribution in [2.75, 3.05) is 5.73 Å². The van der Waals surface area contributed by atoms with E-state index in [9.17, 15) is 13.2 Å². The van der Waals surface area contributed by atoms with Gasteiger partial charge in [-0.1, -0.05) is 6.07 Å². The first-order chi connectivity index (χ1) is 9.51. The highest BCUT2D eigenvalue weighted by molar-refractivity contribution is 7.90. The van der Waals surface area contributed by atoms with Crippen LogP contribution in [0.1, 0.15) is 15.9 Å². The van der Waals surface area contributed by atoms with E-state index in [0.717, 1.165) is 4.31 Å². The molecule has 1 amide bonds. The number of pyridine rings is 2. The number of fused-ring (bicyclic) bond motifs is 1. The Morgan fingerprint density at radius 3 is 2.55 bits per heavy atom. The highest BCUT2D eigenvalue weighted by Crippen LogP contribution is 2.30. The summed E-state index contributed by atoms with van der Waals surface area (Å²) in [7, 11) is -3.92. The van der Waals surface area contributed by atoms with Gasteiger partial charge >= 0.3 is 0 Å². The Morgan fingerprint density at radius 1 is 1.15 bits per heavy atom. The normalized spacial score (nSPS) is 16.2. The molecule has 0 saturated carbocycles. The van der Waals surface area contributed by atoms with E-state index in [-0.39, 0.29) is 23.0 Å². The van der Waals surface area contributed by atoms with Gasteiger partial charge in [-0.3, -0.25) is 4.79 Å². The van der Waals surface area contributed by atoms with E-state index in [1.165, 1.54) is 24.5 Å². The quantitative estimate of drug-likeness (QED) is 0.858. The number of hydrogen-bond acceptors (Lipinski definition) is 6. The van der Waals surface area contributed by atoms with Crippen molar-refractivity contribution in [1.29, 1.82) is 0 Å². The molecule has 102 valence electrons. The smallest absolute Gasteiger partial charge is 0.285 e. The van der Waals surface area contributed by atoms with Crippen LogP contribution >= 0.6 is 0 Å². The fourth-order valence-corrected chi connectivity index (χ4v) is 3.46. The number of nitrogen functional groups attached to an aromatic ring is 1. The Hall–Kier alpha value is -2.48. The van der Waals surface area contributed by atoms with E-state index < -0.39 is 15.9 Å². The molecule has 0 radical (unpaired) electrons. The molecule has 0 spiro atoms. The first-order valence-electron chi connectivity index (χ1n) is 5.73. The molecule has 2 N–H and O–H groups in total. The summed E-state index contributed by atoms with van der Waals surface area (Å²) in [6.07, 6.45) is 2.83. The van der Waals surface area contributed by atoms with Crippen LogP contribution in [0, 0.1) is 0 Å². The number of sulfonamides is 1. The van der Waals surface area contributed by atoms with Crippen molar-refractivity contribution in [2.45, 2.75) is 11.6 Å². The summed E-state index contributed by atoms with van der Waals surface area (Å²) in [6, 6.07) is 6.22. The number of anilines is 1. The average Bonchev–Trinajstić information content (AvgIpc) is 2.63. The Bertz CT molecular complexity index is 804. The number of carbonyl (C=O) groups is 1. The summed E-state index contributed by atoms with van der Waals surface area (Å²) in [4.78, 5) is 19.8. The maximum atomic E-state index is 12.3. The Morgan fingerprint density at radius 2 is 1.85 bits per heavy atom. The van der Waals surface area contributed by atoms with Crippen LogP contribution in [0.2, 0.25) is 0 Å². The van der Waals surface area contributed by atoms with Crippen molar-refractivity contribution in [3.8, 4) is 0 Å². The maximum absolute atomic E-state index is 12.3. The summed E-state index contributed by atoms with van der Waals surface area (Å²) in [5.41, 5.74) is 6.23. The predicted octanol–water partition coefficient (Wildman–Crippen LogP) is 0.404. The second-order valence-corrected chi connectivity index (χ2v) is 6.00. The molecule has 8 heteroatoms. The molecule has 2 aromatic heterocycles. The summed E-state index contributed by atoms with van der Waals surface area (Å²) < 4.78 is 25.3. The van der Waals surface area contributed by atoms with Crippen molar-refractivity contribution in [2.24, 2.45) is 0 Å². The number of amides is 1. The molecule has 0 aliphatic carbocycles. The van der Waals surface area contributed by atoms with Crippen molar-refractivity contribution in [3.05, 3.63) is 47.8 Å². The SMILES string of the molecule is Nc1ncccc1CN1C(=O)c2cccnc2S1(=O)=O. The van der Waals surface area contributed by atoms with Crippen LogP contribution < -0.4 is 5.73 Å². The van der Waals surface area contributed by atoms with Gasteiger partial charge in [0.15, 0.2) is 5.03 Å². The number of nitrogens with two attached hydrogens (primary N) is 1. The minimum atomic E-state index is -3.92. The fraction of sp³-hybridized carbons (Fsp3) is 0.0833. The Labute approximate surface area is 115 Å². The van der Waals surface area contributed by atoms with E-state index in [1.807, 2.05) is 0 Å². The molecule has 0 saturated heterocycles. The lowest BCUT2D eigenvalue weighted by Gasteiger charge is -2.15. The second kappa shape index (κ2) is 4.27. The fourth-order valence-electron chi connectivity index (χ4n) is 2.00. The molecule has 3 rings (SSSR count). The van der Waals surface area contributed by atoms with Gasteiger partial charge in [0, 0.05) is 18.0 Å². The summed E-state index contributed by atoms with van der Waals surface area (Å²) in [5.74, 6) is -0.407. The number of carbonyl (C=O) groups excluding carboxylic acids is 1.